The van der Waals surface area contributed by atoms with E-state index in [2.05, 4.69) is 78.7 Å². The maximum absolute atomic E-state index is 13.5. The topological polar surface area (TPSA) is 20.3 Å². The zero-order chi connectivity index (χ0) is 19.4. The SMILES string of the molecule is C#CCN1CC[C@@H]([P+](c2ccccc2)(c2ccccc2)c2ccccc2)C1=O. The summed E-state index contributed by atoms with van der Waals surface area (Å²) >= 11 is 0. The molecule has 4 rings (SSSR count). The first-order valence-corrected chi connectivity index (χ1v) is 11.4. The van der Waals surface area contributed by atoms with Gasteiger partial charge in [-0.3, -0.25) is 4.79 Å². The molecule has 28 heavy (non-hydrogen) atoms. The van der Waals surface area contributed by atoms with Crippen molar-refractivity contribution in [2.75, 3.05) is 13.1 Å². The third-order valence-corrected chi connectivity index (χ3v) is 10.3. The second-order valence-corrected chi connectivity index (χ2v) is 10.6. The molecule has 3 aromatic carbocycles. The van der Waals surface area contributed by atoms with Gasteiger partial charge in [-0.15, -0.1) is 6.42 Å². The van der Waals surface area contributed by atoms with Gasteiger partial charge in [-0.2, -0.15) is 0 Å². The standard InChI is InChI=1S/C25H23NOP/c1-2-19-26-20-18-24(25(26)27)28(21-12-6-3-7-13-21,22-14-8-4-9-15-22)23-16-10-5-11-17-23/h1,3-17,24H,18-20H2/q+1/t24-/m1/s1. The maximum atomic E-state index is 13.5. The molecule has 2 nitrogen and oxygen atoms in total. The van der Waals surface area contributed by atoms with E-state index in [-0.39, 0.29) is 11.6 Å². The molecule has 0 bridgehead atoms. The molecular weight excluding hydrogens is 361 g/mol. The minimum Gasteiger partial charge on any atom is -0.328 e. The fourth-order valence-corrected chi connectivity index (χ4v) is 9.22. The van der Waals surface area contributed by atoms with Crippen LogP contribution in [0.1, 0.15) is 6.42 Å². The van der Waals surface area contributed by atoms with Crippen molar-refractivity contribution in [3.63, 3.8) is 0 Å². The molecule has 0 saturated carbocycles. The van der Waals surface area contributed by atoms with Crippen LogP contribution < -0.4 is 15.9 Å². The van der Waals surface area contributed by atoms with Crippen LogP contribution in [0, 0.1) is 12.3 Å². The van der Waals surface area contributed by atoms with Gasteiger partial charge in [0.05, 0.1) is 6.54 Å². The molecule has 1 amide bonds. The summed E-state index contributed by atoms with van der Waals surface area (Å²) in [5.41, 5.74) is -0.0898. The number of amides is 1. The summed E-state index contributed by atoms with van der Waals surface area (Å²) in [4.78, 5) is 15.4. The van der Waals surface area contributed by atoms with Gasteiger partial charge >= 0.3 is 0 Å². The molecule has 1 aliphatic heterocycles. The van der Waals surface area contributed by atoms with Crippen LogP contribution in [0.15, 0.2) is 91.0 Å². The van der Waals surface area contributed by atoms with Crippen LogP contribution in [0.5, 0.6) is 0 Å². The Morgan fingerprint density at radius 1 is 0.821 bits per heavy atom. The zero-order valence-corrected chi connectivity index (χ0v) is 16.6. The van der Waals surface area contributed by atoms with Gasteiger partial charge in [0.25, 0.3) is 5.91 Å². The number of hydrogen-bond donors (Lipinski definition) is 0. The van der Waals surface area contributed by atoms with Crippen molar-refractivity contribution in [3.05, 3.63) is 91.0 Å². The van der Waals surface area contributed by atoms with E-state index in [1.165, 1.54) is 15.9 Å². The molecule has 1 aliphatic rings. The summed E-state index contributed by atoms with van der Waals surface area (Å²) in [6.45, 7) is 1.11. The number of likely N-dealkylation sites (tertiary alicyclic amines) is 1. The number of benzene rings is 3. The molecule has 0 aromatic heterocycles. The van der Waals surface area contributed by atoms with Gasteiger partial charge in [-0.1, -0.05) is 60.5 Å². The van der Waals surface area contributed by atoms with E-state index in [4.69, 9.17) is 6.42 Å². The first-order valence-electron chi connectivity index (χ1n) is 9.56. The minimum atomic E-state index is -2.18. The Morgan fingerprint density at radius 2 is 1.25 bits per heavy atom. The molecular formula is C25H23NOP+. The predicted octanol–water partition coefficient (Wildman–Crippen LogP) is 3.21. The maximum Gasteiger partial charge on any atom is 0.265 e. The lowest BCUT2D eigenvalue weighted by atomic mass is 10.3. The van der Waals surface area contributed by atoms with E-state index >= 15 is 0 Å². The van der Waals surface area contributed by atoms with Crippen molar-refractivity contribution in [3.8, 4) is 12.3 Å². The van der Waals surface area contributed by atoms with Crippen LogP contribution in [0.2, 0.25) is 0 Å². The average molecular weight is 384 g/mol. The molecule has 1 saturated heterocycles. The molecule has 0 radical (unpaired) electrons. The highest BCUT2D eigenvalue weighted by atomic mass is 31.2. The Labute approximate surface area is 167 Å². The fraction of sp³-hybridized carbons (Fsp3) is 0.160. The smallest absolute Gasteiger partial charge is 0.265 e. The molecule has 0 spiro atoms. The van der Waals surface area contributed by atoms with Crippen molar-refractivity contribution >= 4 is 29.1 Å². The lowest BCUT2D eigenvalue weighted by Crippen LogP contribution is -2.42. The summed E-state index contributed by atoms with van der Waals surface area (Å²) in [5, 5.41) is 3.73. The summed E-state index contributed by atoms with van der Waals surface area (Å²) in [6.07, 6.45) is 6.35. The van der Waals surface area contributed by atoms with Crippen molar-refractivity contribution < 1.29 is 4.79 Å². The Hall–Kier alpha value is -2.88. The third kappa shape index (κ3) is 3.03. The summed E-state index contributed by atoms with van der Waals surface area (Å²) < 4.78 is 0. The first-order chi connectivity index (χ1) is 13.8. The van der Waals surface area contributed by atoms with Gasteiger partial charge in [0.15, 0.2) is 5.66 Å². The van der Waals surface area contributed by atoms with Crippen molar-refractivity contribution in [1.82, 2.24) is 4.90 Å². The van der Waals surface area contributed by atoms with Gasteiger partial charge in [0.2, 0.25) is 0 Å². The van der Waals surface area contributed by atoms with E-state index in [1.807, 2.05) is 23.1 Å². The summed E-state index contributed by atoms with van der Waals surface area (Å²) in [5.74, 6) is 2.83. The molecule has 1 atom stereocenters. The van der Waals surface area contributed by atoms with Gasteiger partial charge in [0, 0.05) is 13.0 Å². The van der Waals surface area contributed by atoms with E-state index < -0.39 is 7.26 Å². The zero-order valence-electron chi connectivity index (χ0n) is 15.7. The van der Waals surface area contributed by atoms with Crippen molar-refractivity contribution in [2.24, 2.45) is 0 Å². The first kappa shape index (κ1) is 18.5. The van der Waals surface area contributed by atoms with Crippen molar-refractivity contribution in [2.45, 2.75) is 12.1 Å². The Bertz CT molecular complexity index is 883. The molecule has 3 heteroatoms. The lowest BCUT2D eigenvalue weighted by Gasteiger charge is -2.31. The quantitative estimate of drug-likeness (QED) is 0.489. The van der Waals surface area contributed by atoms with Gasteiger partial charge in [-0.25, -0.2) is 0 Å². The minimum absolute atomic E-state index is 0.0898. The normalized spacial score (nSPS) is 16.8. The second kappa shape index (κ2) is 8.01. The van der Waals surface area contributed by atoms with E-state index in [0.29, 0.717) is 6.54 Å². The van der Waals surface area contributed by atoms with Crippen LogP contribution in [-0.2, 0) is 4.79 Å². The number of rotatable bonds is 5. The molecule has 3 aromatic rings. The highest BCUT2D eigenvalue weighted by Crippen LogP contribution is 2.62. The van der Waals surface area contributed by atoms with Crippen LogP contribution in [0.3, 0.4) is 0 Å². The lowest BCUT2D eigenvalue weighted by molar-refractivity contribution is -0.126. The Morgan fingerprint density at radius 3 is 1.64 bits per heavy atom. The van der Waals surface area contributed by atoms with Crippen LogP contribution in [0.4, 0.5) is 0 Å². The Balaban J connectivity index is 2.00. The van der Waals surface area contributed by atoms with Gasteiger partial charge in [-0.05, 0) is 36.4 Å². The summed E-state index contributed by atoms with van der Waals surface area (Å²) in [6, 6.07) is 31.7. The molecule has 0 N–H and O–H groups in total. The van der Waals surface area contributed by atoms with Crippen molar-refractivity contribution in [1.29, 1.82) is 0 Å². The fourth-order valence-electron chi connectivity index (χ4n) is 4.33. The second-order valence-electron chi connectivity index (χ2n) is 7.00. The molecule has 1 fully saturated rings. The Kier molecular flexibility index (Phi) is 5.29. The largest absolute Gasteiger partial charge is 0.328 e. The molecule has 0 unspecified atom stereocenters. The van der Waals surface area contributed by atoms with Gasteiger partial charge in [0.1, 0.15) is 23.2 Å². The monoisotopic (exact) mass is 384 g/mol. The highest BCUT2D eigenvalue weighted by Gasteiger charge is 2.58. The molecule has 1 heterocycles. The highest BCUT2D eigenvalue weighted by molar-refractivity contribution is 7.96. The number of hydrogen-bond acceptors (Lipinski definition) is 1. The van der Waals surface area contributed by atoms with E-state index in [1.54, 1.807) is 0 Å². The van der Waals surface area contributed by atoms with E-state index in [0.717, 1.165) is 13.0 Å². The average Bonchev–Trinajstić information content (AvgIpc) is 3.12. The number of carbonyl (C=O) groups is 1. The number of terminal acetylenes is 1. The van der Waals surface area contributed by atoms with Gasteiger partial charge < -0.3 is 4.90 Å². The summed E-state index contributed by atoms with van der Waals surface area (Å²) in [7, 11) is -2.18. The molecule has 138 valence electrons. The molecule has 0 aliphatic carbocycles. The number of carbonyl (C=O) groups excluding carboxylic acids is 1. The third-order valence-electron chi connectivity index (χ3n) is 5.51. The predicted molar refractivity (Wildman–Crippen MR) is 119 cm³/mol. The van der Waals surface area contributed by atoms with E-state index in [9.17, 15) is 4.79 Å². The number of nitrogens with zero attached hydrogens (tertiary/aromatic N) is 1. The van der Waals surface area contributed by atoms with Crippen LogP contribution in [-0.4, -0.2) is 29.6 Å². The van der Waals surface area contributed by atoms with Crippen LogP contribution >= 0.6 is 7.26 Å². The van der Waals surface area contributed by atoms with Crippen LogP contribution in [0.25, 0.3) is 0 Å².